The molecule has 0 spiro atoms. The number of hydrogen-bond acceptors (Lipinski definition) is 1. The summed E-state index contributed by atoms with van der Waals surface area (Å²) >= 11 is -0.214. The molecule has 2 heteroatoms. The van der Waals surface area contributed by atoms with Crippen LogP contribution in [0.15, 0.2) is 3.50 Å². The standard InChI is InChI=1S/C10H15N.C5H10.Mo/c11-10-4-7-1-8(5-10)3-9(2-7)6-10;1-5(2,3)4;/h7-9H,1-6H2;1H,2-4H3;. The summed E-state index contributed by atoms with van der Waals surface area (Å²) in [6.45, 7) is 6.94. The van der Waals surface area contributed by atoms with Crippen molar-refractivity contribution in [3.63, 3.8) is 0 Å². The second kappa shape index (κ2) is 4.19. The van der Waals surface area contributed by atoms with Crippen LogP contribution in [-0.2, 0) is 17.9 Å². The molecular weight excluding hydrogens is 290 g/mol. The van der Waals surface area contributed by atoms with E-state index < -0.39 is 0 Å². The molecule has 0 radical (unpaired) electrons. The monoisotopic (exact) mass is 317 g/mol. The fourth-order valence-electron chi connectivity index (χ4n) is 4.47. The molecule has 0 heterocycles. The Hall–Kier alpha value is 0.358. The first kappa shape index (κ1) is 12.4. The predicted molar refractivity (Wildman–Crippen MR) is 68.9 cm³/mol. The van der Waals surface area contributed by atoms with Crippen LogP contribution in [0.1, 0.15) is 59.3 Å². The summed E-state index contributed by atoms with van der Waals surface area (Å²) in [6.07, 6.45) is 8.96. The van der Waals surface area contributed by atoms with Gasteiger partial charge < -0.3 is 0 Å². The molecule has 0 aromatic rings. The van der Waals surface area contributed by atoms with Gasteiger partial charge in [0.1, 0.15) is 0 Å². The van der Waals surface area contributed by atoms with E-state index in [9.17, 15) is 0 Å². The van der Waals surface area contributed by atoms with Crippen molar-refractivity contribution >= 4 is 4.40 Å². The molecular formula is C15H25MoN. The molecule has 0 unspecified atom stereocenters. The fourth-order valence-corrected chi connectivity index (χ4v) is 6.48. The SMILES string of the molecule is CC(C)(C)[CH]=[Mo]=[N]C12CC3CC(CC(C3)C1)C2. The molecule has 0 N–H and O–H groups in total. The topological polar surface area (TPSA) is 12.4 Å². The van der Waals surface area contributed by atoms with Crippen molar-refractivity contribution < 1.29 is 17.9 Å². The van der Waals surface area contributed by atoms with E-state index in [2.05, 4.69) is 25.2 Å². The molecule has 0 aromatic heterocycles. The molecule has 4 rings (SSSR count). The Kier molecular flexibility index (Phi) is 3.05. The second-order valence-electron chi connectivity index (χ2n) is 7.82. The maximum atomic E-state index is 5.28. The summed E-state index contributed by atoms with van der Waals surface area (Å²) in [7, 11) is 0. The zero-order valence-electron chi connectivity index (χ0n) is 11.4. The minimum absolute atomic E-state index is 0.214. The van der Waals surface area contributed by atoms with E-state index in [1.54, 1.807) is 0 Å². The van der Waals surface area contributed by atoms with Crippen LogP contribution in [0.25, 0.3) is 0 Å². The molecule has 4 aliphatic carbocycles. The van der Waals surface area contributed by atoms with Crippen LogP contribution >= 0.6 is 0 Å². The van der Waals surface area contributed by atoms with Crippen LogP contribution in [0.3, 0.4) is 0 Å². The summed E-state index contributed by atoms with van der Waals surface area (Å²) < 4.78 is 7.80. The van der Waals surface area contributed by atoms with Gasteiger partial charge in [0.05, 0.1) is 0 Å². The van der Waals surface area contributed by atoms with Crippen molar-refractivity contribution in [2.75, 3.05) is 0 Å². The molecule has 4 fully saturated rings. The van der Waals surface area contributed by atoms with E-state index in [1.165, 1.54) is 38.5 Å². The average molecular weight is 315 g/mol. The molecule has 17 heavy (non-hydrogen) atoms. The van der Waals surface area contributed by atoms with Crippen LogP contribution in [0.4, 0.5) is 0 Å². The van der Waals surface area contributed by atoms with Gasteiger partial charge in [-0.2, -0.15) is 0 Å². The van der Waals surface area contributed by atoms with Gasteiger partial charge in [0.15, 0.2) is 0 Å². The van der Waals surface area contributed by atoms with Gasteiger partial charge in [-0.25, -0.2) is 0 Å². The molecule has 4 saturated carbocycles. The molecule has 1 nitrogen and oxygen atoms in total. The van der Waals surface area contributed by atoms with Crippen molar-refractivity contribution in [1.82, 2.24) is 0 Å². The van der Waals surface area contributed by atoms with E-state index in [1.807, 2.05) is 0 Å². The third-order valence-corrected chi connectivity index (χ3v) is 7.87. The van der Waals surface area contributed by atoms with Crippen molar-refractivity contribution in [2.24, 2.45) is 26.7 Å². The van der Waals surface area contributed by atoms with Gasteiger partial charge in [0.2, 0.25) is 0 Å². The Morgan fingerprint density at radius 3 is 1.88 bits per heavy atom. The Bertz CT molecular complexity index is 336. The van der Waals surface area contributed by atoms with Gasteiger partial charge in [-0.1, -0.05) is 0 Å². The molecule has 0 saturated heterocycles. The second-order valence-corrected chi connectivity index (χ2v) is 9.37. The first-order valence-corrected chi connectivity index (χ1v) is 9.22. The number of rotatable bonds is 1. The van der Waals surface area contributed by atoms with Gasteiger partial charge >= 0.3 is 114 Å². The summed E-state index contributed by atoms with van der Waals surface area (Å²) in [6, 6.07) is 0. The summed E-state index contributed by atoms with van der Waals surface area (Å²) in [4.78, 5) is 0. The van der Waals surface area contributed by atoms with Crippen LogP contribution in [-0.4, -0.2) is 9.94 Å². The quantitative estimate of drug-likeness (QED) is 0.647. The van der Waals surface area contributed by atoms with Crippen LogP contribution in [0.2, 0.25) is 0 Å². The Morgan fingerprint density at radius 1 is 1.00 bits per heavy atom. The van der Waals surface area contributed by atoms with Gasteiger partial charge in [-0.3, -0.25) is 0 Å². The fraction of sp³-hybridized carbons (Fsp3) is 0.933. The van der Waals surface area contributed by atoms with E-state index >= 15 is 0 Å². The maximum absolute atomic E-state index is 5.28. The van der Waals surface area contributed by atoms with Gasteiger partial charge in [0, 0.05) is 0 Å². The zero-order valence-corrected chi connectivity index (χ0v) is 13.4. The summed E-state index contributed by atoms with van der Waals surface area (Å²) in [5.74, 6) is 3.14. The van der Waals surface area contributed by atoms with Gasteiger partial charge in [0.25, 0.3) is 0 Å². The van der Waals surface area contributed by atoms with Crippen molar-refractivity contribution in [3.8, 4) is 0 Å². The molecule has 96 valence electrons. The Labute approximate surface area is 114 Å². The normalized spacial score (nSPS) is 43.6. The van der Waals surface area contributed by atoms with E-state index in [4.69, 9.17) is 3.50 Å². The predicted octanol–water partition coefficient (Wildman–Crippen LogP) is 4.07. The van der Waals surface area contributed by atoms with E-state index in [-0.39, 0.29) is 17.9 Å². The van der Waals surface area contributed by atoms with E-state index in [0.29, 0.717) is 11.0 Å². The van der Waals surface area contributed by atoms with Crippen LogP contribution in [0, 0.1) is 23.2 Å². The third kappa shape index (κ3) is 2.70. The molecule has 0 amide bonds. The molecule has 4 aliphatic rings. The molecule has 0 atom stereocenters. The number of nitrogens with zero attached hydrogens (tertiary/aromatic N) is 1. The number of hydrogen-bond donors (Lipinski definition) is 0. The molecule has 0 aliphatic heterocycles. The van der Waals surface area contributed by atoms with Crippen molar-refractivity contribution in [3.05, 3.63) is 0 Å². The Balaban J connectivity index is 1.81. The first-order valence-electron chi connectivity index (χ1n) is 7.17. The average Bonchev–Trinajstić information content (AvgIpc) is 2.11. The zero-order chi connectivity index (χ0) is 12.1. The van der Waals surface area contributed by atoms with Crippen molar-refractivity contribution in [2.45, 2.75) is 64.8 Å². The summed E-state index contributed by atoms with van der Waals surface area (Å²) in [5, 5.41) is 0. The Morgan fingerprint density at radius 2 is 1.47 bits per heavy atom. The molecule has 4 bridgehead atoms. The van der Waals surface area contributed by atoms with E-state index in [0.717, 1.165) is 17.8 Å². The van der Waals surface area contributed by atoms with Gasteiger partial charge in [-0.05, 0) is 0 Å². The first-order chi connectivity index (χ1) is 7.94. The third-order valence-electron chi connectivity index (χ3n) is 4.66. The molecule has 0 aromatic carbocycles. The van der Waals surface area contributed by atoms with Crippen molar-refractivity contribution in [1.29, 1.82) is 0 Å². The summed E-state index contributed by atoms with van der Waals surface area (Å²) in [5.41, 5.74) is 0.854. The van der Waals surface area contributed by atoms with Crippen LogP contribution < -0.4 is 0 Å². The van der Waals surface area contributed by atoms with Crippen LogP contribution in [0.5, 0.6) is 0 Å². The minimum atomic E-state index is -0.214. The van der Waals surface area contributed by atoms with Gasteiger partial charge in [-0.15, -0.1) is 0 Å².